The summed E-state index contributed by atoms with van der Waals surface area (Å²) in [5, 5.41) is 4.37. The molecule has 0 unspecified atom stereocenters. The lowest BCUT2D eigenvalue weighted by Crippen LogP contribution is -2.24. The van der Waals surface area contributed by atoms with Gasteiger partial charge in [-0.1, -0.05) is 32.0 Å². The Labute approximate surface area is 165 Å². The maximum atomic E-state index is 6.10. The maximum absolute atomic E-state index is 6.10. The molecule has 132 valence electrons. The lowest BCUT2D eigenvalue weighted by Gasteiger charge is -2.14. The number of H-pyrrole nitrogens is 1. The van der Waals surface area contributed by atoms with Crippen LogP contribution in [0.4, 0.5) is 5.69 Å². The number of para-hydroxylation sites is 1. The largest absolute Gasteiger partial charge is 0.370 e. The van der Waals surface area contributed by atoms with E-state index < -0.39 is 0 Å². The number of fused-ring (bicyclic) bond motifs is 1. The third-order valence-corrected chi connectivity index (χ3v) is 4.13. The standard InChI is InChI=1S/C19H23N5.HI/c1-3-13-6-5-7-14(4-2)17(13)24-19(20)22-12-16-9-8-15-10-11-21-18(15)23-16;/h5-11H,3-4,12H2,1-2H3,(H,21,23)(H3,20,22,24);1H. The molecule has 0 fully saturated rings. The zero-order valence-electron chi connectivity index (χ0n) is 14.5. The Morgan fingerprint density at radius 1 is 1.12 bits per heavy atom. The molecule has 0 atom stereocenters. The highest BCUT2D eigenvalue weighted by Gasteiger charge is 2.07. The highest BCUT2D eigenvalue weighted by molar-refractivity contribution is 14.0. The Bertz CT molecular complexity index is 847. The summed E-state index contributed by atoms with van der Waals surface area (Å²) in [4.78, 5) is 12.1. The van der Waals surface area contributed by atoms with Gasteiger partial charge in [-0.2, -0.15) is 0 Å². The van der Waals surface area contributed by atoms with Crippen molar-refractivity contribution in [2.45, 2.75) is 33.2 Å². The second kappa shape index (κ2) is 8.84. The number of rotatable bonds is 5. The first kappa shape index (κ1) is 19.2. The molecule has 4 N–H and O–H groups in total. The number of hydrogen-bond acceptors (Lipinski definition) is 2. The van der Waals surface area contributed by atoms with Crippen molar-refractivity contribution >= 4 is 46.7 Å². The summed E-state index contributed by atoms with van der Waals surface area (Å²) in [7, 11) is 0. The van der Waals surface area contributed by atoms with Crippen molar-refractivity contribution in [2.24, 2.45) is 10.7 Å². The molecule has 5 nitrogen and oxygen atoms in total. The molecule has 25 heavy (non-hydrogen) atoms. The van der Waals surface area contributed by atoms with Crippen LogP contribution < -0.4 is 11.1 Å². The van der Waals surface area contributed by atoms with E-state index in [-0.39, 0.29) is 24.0 Å². The number of pyridine rings is 1. The molecule has 2 aromatic heterocycles. The summed E-state index contributed by atoms with van der Waals surface area (Å²) in [5.74, 6) is 0.416. The average Bonchev–Trinajstić information content (AvgIpc) is 3.07. The van der Waals surface area contributed by atoms with Gasteiger partial charge in [0.2, 0.25) is 0 Å². The van der Waals surface area contributed by atoms with Gasteiger partial charge < -0.3 is 16.0 Å². The number of aryl methyl sites for hydroxylation is 2. The number of nitrogens with one attached hydrogen (secondary N) is 2. The van der Waals surface area contributed by atoms with E-state index in [0.717, 1.165) is 35.3 Å². The molecule has 0 amide bonds. The van der Waals surface area contributed by atoms with Gasteiger partial charge >= 0.3 is 0 Å². The summed E-state index contributed by atoms with van der Waals surface area (Å²) >= 11 is 0. The smallest absolute Gasteiger partial charge is 0.193 e. The Hall–Kier alpha value is -2.09. The number of benzene rings is 1. The SMILES string of the molecule is CCc1cccc(CC)c1NC(N)=NCc1ccc2cc[nH]c2n1.I. The molecule has 3 rings (SSSR count). The van der Waals surface area contributed by atoms with Crippen LogP contribution in [-0.4, -0.2) is 15.9 Å². The van der Waals surface area contributed by atoms with Crippen LogP contribution in [0.2, 0.25) is 0 Å². The van der Waals surface area contributed by atoms with Crippen molar-refractivity contribution < 1.29 is 0 Å². The van der Waals surface area contributed by atoms with Crippen molar-refractivity contribution in [3.8, 4) is 0 Å². The fraction of sp³-hybridized carbons (Fsp3) is 0.263. The Morgan fingerprint density at radius 2 is 1.84 bits per heavy atom. The second-order valence-corrected chi connectivity index (χ2v) is 5.70. The molecule has 0 spiro atoms. The monoisotopic (exact) mass is 449 g/mol. The van der Waals surface area contributed by atoms with Crippen molar-refractivity contribution in [2.75, 3.05) is 5.32 Å². The average molecular weight is 449 g/mol. The quantitative estimate of drug-likeness (QED) is 0.310. The second-order valence-electron chi connectivity index (χ2n) is 5.70. The van der Waals surface area contributed by atoms with E-state index in [4.69, 9.17) is 5.73 Å². The fourth-order valence-corrected chi connectivity index (χ4v) is 2.80. The molecular formula is C19H24IN5. The van der Waals surface area contributed by atoms with E-state index in [1.165, 1.54) is 11.1 Å². The molecule has 0 bridgehead atoms. The molecule has 0 aliphatic carbocycles. The number of hydrogen-bond donors (Lipinski definition) is 3. The zero-order valence-corrected chi connectivity index (χ0v) is 16.9. The van der Waals surface area contributed by atoms with Crippen molar-refractivity contribution in [3.05, 3.63) is 59.4 Å². The van der Waals surface area contributed by atoms with Gasteiger partial charge in [-0.25, -0.2) is 9.98 Å². The molecule has 6 heteroatoms. The molecule has 3 aromatic rings. The van der Waals surface area contributed by atoms with E-state index in [9.17, 15) is 0 Å². The van der Waals surface area contributed by atoms with E-state index >= 15 is 0 Å². The number of anilines is 1. The first-order valence-electron chi connectivity index (χ1n) is 8.32. The molecule has 0 aliphatic heterocycles. The maximum Gasteiger partial charge on any atom is 0.193 e. The Kier molecular flexibility index (Phi) is 6.81. The normalized spacial score (nSPS) is 11.4. The van der Waals surface area contributed by atoms with Gasteiger partial charge in [0.05, 0.1) is 12.2 Å². The van der Waals surface area contributed by atoms with Gasteiger partial charge in [-0.3, -0.25) is 0 Å². The fourth-order valence-electron chi connectivity index (χ4n) is 2.80. The third kappa shape index (κ3) is 4.50. The highest BCUT2D eigenvalue weighted by atomic mass is 127. The van der Waals surface area contributed by atoms with Crippen LogP contribution in [0.15, 0.2) is 47.6 Å². The van der Waals surface area contributed by atoms with Crippen molar-refractivity contribution in [1.29, 1.82) is 0 Å². The van der Waals surface area contributed by atoms with Gasteiger partial charge in [-0.15, -0.1) is 24.0 Å². The molecule has 0 aliphatic rings. The van der Waals surface area contributed by atoms with E-state index in [2.05, 4.69) is 52.3 Å². The number of nitrogens with two attached hydrogens (primary N) is 1. The molecular weight excluding hydrogens is 425 g/mol. The summed E-state index contributed by atoms with van der Waals surface area (Å²) in [6, 6.07) is 12.3. The van der Waals surface area contributed by atoms with Gasteiger partial charge in [0, 0.05) is 17.3 Å². The van der Waals surface area contributed by atoms with Crippen molar-refractivity contribution in [1.82, 2.24) is 9.97 Å². The van der Waals surface area contributed by atoms with E-state index in [1.54, 1.807) is 0 Å². The van der Waals surface area contributed by atoms with Gasteiger partial charge in [0.1, 0.15) is 5.65 Å². The van der Waals surface area contributed by atoms with Crippen LogP contribution in [0.5, 0.6) is 0 Å². The predicted molar refractivity (Wildman–Crippen MR) is 116 cm³/mol. The number of guanidine groups is 1. The summed E-state index contributed by atoms with van der Waals surface area (Å²) < 4.78 is 0. The van der Waals surface area contributed by atoms with Crippen LogP contribution in [-0.2, 0) is 19.4 Å². The molecule has 0 saturated heterocycles. The molecule has 0 radical (unpaired) electrons. The number of halogens is 1. The summed E-state index contributed by atoms with van der Waals surface area (Å²) in [6.45, 7) is 4.73. The summed E-state index contributed by atoms with van der Waals surface area (Å²) in [5.41, 5.74) is 11.4. The third-order valence-electron chi connectivity index (χ3n) is 4.13. The lowest BCUT2D eigenvalue weighted by molar-refractivity contribution is 0.994. The number of aromatic amines is 1. The van der Waals surface area contributed by atoms with E-state index in [1.807, 2.05) is 24.4 Å². The Balaban J connectivity index is 0.00000225. The van der Waals surface area contributed by atoms with Gasteiger partial charge in [-0.05, 0) is 42.2 Å². The topological polar surface area (TPSA) is 79.1 Å². The Morgan fingerprint density at radius 3 is 2.52 bits per heavy atom. The number of aromatic nitrogens is 2. The highest BCUT2D eigenvalue weighted by Crippen LogP contribution is 2.22. The van der Waals surface area contributed by atoms with Crippen LogP contribution >= 0.6 is 24.0 Å². The van der Waals surface area contributed by atoms with Crippen LogP contribution in [0, 0.1) is 0 Å². The minimum Gasteiger partial charge on any atom is -0.370 e. The van der Waals surface area contributed by atoms with Crippen LogP contribution in [0.25, 0.3) is 11.0 Å². The van der Waals surface area contributed by atoms with E-state index in [0.29, 0.717) is 12.5 Å². The van der Waals surface area contributed by atoms with Crippen LogP contribution in [0.1, 0.15) is 30.7 Å². The first-order valence-corrected chi connectivity index (χ1v) is 8.32. The first-order chi connectivity index (χ1) is 11.7. The lowest BCUT2D eigenvalue weighted by atomic mass is 10.0. The predicted octanol–water partition coefficient (Wildman–Crippen LogP) is 4.23. The zero-order chi connectivity index (χ0) is 16.9. The molecule has 0 saturated carbocycles. The molecule has 1 aromatic carbocycles. The number of nitrogens with zero attached hydrogens (tertiary/aromatic N) is 2. The molecule has 2 heterocycles. The summed E-state index contributed by atoms with van der Waals surface area (Å²) in [6.07, 6.45) is 3.79. The van der Waals surface area contributed by atoms with Gasteiger partial charge in [0.25, 0.3) is 0 Å². The number of aliphatic imine (C=N–C) groups is 1. The van der Waals surface area contributed by atoms with Crippen molar-refractivity contribution in [3.63, 3.8) is 0 Å². The van der Waals surface area contributed by atoms with Crippen LogP contribution in [0.3, 0.4) is 0 Å². The van der Waals surface area contributed by atoms with Gasteiger partial charge in [0.15, 0.2) is 5.96 Å². The minimum atomic E-state index is 0. The minimum absolute atomic E-state index is 0.